The van der Waals surface area contributed by atoms with Crippen molar-refractivity contribution in [2.75, 3.05) is 27.2 Å². The van der Waals surface area contributed by atoms with Gasteiger partial charge in [0.15, 0.2) is 0 Å². The van der Waals surface area contributed by atoms with Crippen molar-refractivity contribution in [2.45, 2.75) is 13.8 Å². The number of hydroxylamine groups is 2. The Hall–Kier alpha value is -2.58. The molecular formula is C21H21F2IN4O2. The molecule has 1 amide bonds. The molecule has 6 nitrogen and oxygen atoms in total. The average molecular weight is 526 g/mol. The van der Waals surface area contributed by atoms with E-state index in [1.807, 2.05) is 36.4 Å². The molecule has 2 rings (SSSR count). The number of terminal acetylenes is 1. The average Bonchev–Trinajstić information content (AvgIpc) is 2.72. The molecule has 9 heteroatoms. The number of benzene rings is 2. The Bertz CT molecular complexity index is 997. The zero-order valence-corrected chi connectivity index (χ0v) is 19.2. The molecule has 30 heavy (non-hydrogen) atoms. The first-order chi connectivity index (χ1) is 14.3. The van der Waals surface area contributed by atoms with Gasteiger partial charge in [0, 0.05) is 35.3 Å². The smallest absolute Gasteiger partial charge is 0.277 e. The van der Waals surface area contributed by atoms with Crippen LogP contribution < -0.4 is 0 Å². The highest BCUT2D eigenvalue weighted by molar-refractivity contribution is 14.1. The minimum atomic E-state index is -0.795. The number of nitrogens with zero attached hydrogens (tertiary/aromatic N) is 4. The summed E-state index contributed by atoms with van der Waals surface area (Å²) in [4.78, 5) is 18.0. The Labute approximate surface area is 188 Å². The fourth-order valence-electron chi connectivity index (χ4n) is 2.74. The summed E-state index contributed by atoms with van der Waals surface area (Å²) < 4.78 is 28.6. The fourth-order valence-corrected chi connectivity index (χ4v) is 3.47. The van der Waals surface area contributed by atoms with Gasteiger partial charge in [-0.2, -0.15) is 0 Å². The molecule has 0 N–H and O–H groups in total. The molecular weight excluding hydrogens is 505 g/mol. The predicted octanol–water partition coefficient (Wildman–Crippen LogP) is 5.19. The number of rotatable bonds is 7. The Morgan fingerprint density at radius 3 is 2.30 bits per heavy atom. The van der Waals surface area contributed by atoms with Crippen LogP contribution in [0.2, 0.25) is 0 Å². The van der Waals surface area contributed by atoms with Crippen LogP contribution in [0.25, 0.3) is 11.1 Å². The Balaban J connectivity index is 2.94. The standard InChI is InChI=1S/C21H21F2IN4O2/c1-6-16-18(24)12-17(21(29)27(4)30-5)19(13-9-14(22)11-15(23)10-13)20(16)25-26-28(7-2)8-3/h1,9-12H,7-8H2,2-5H3/b26-25+. The molecule has 0 atom stereocenters. The zero-order valence-electron chi connectivity index (χ0n) is 17.0. The molecule has 158 valence electrons. The van der Waals surface area contributed by atoms with Crippen molar-refractivity contribution in [1.82, 2.24) is 10.1 Å². The summed E-state index contributed by atoms with van der Waals surface area (Å²) in [6, 6.07) is 4.53. The molecule has 0 aromatic heterocycles. The number of amides is 1. The van der Waals surface area contributed by atoms with Gasteiger partial charge in [0.05, 0.1) is 18.2 Å². The highest BCUT2D eigenvalue weighted by Gasteiger charge is 2.25. The topological polar surface area (TPSA) is 57.5 Å². The van der Waals surface area contributed by atoms with Crippen LogP contribution in [0.1, 0.15) is 29.8 Å². The van der Waals surface area contributed by atoms with Crippen LogP contribution >= 0.6 is 22.6 Å². The Morgan fingerprint density at radius 1 is 1.20 bits per heavy atom. The van der Waals surface area contributed by atoms with Crippen LogP contribution in [0.15, 0.2) is 34.6 Å². The van der Waals surface area contributed by atoms with Gasteiger partial charge in [0.25, 0.3) is 5.91 Å². The number of carbonyl (C=O) groups excluding carboxylic acids is 1. The first-order valence-electron chi connectivity index (χ1n) is 9.05. The highest BCUT2D eigenvalue weighted by Crippen LogP contribution is 2.40. The summed E-state index contributed by atoms with van der Waals surface area (Å²) >= 11 is 1.99. The molecule has 0 saturated carbocycles. The monoisotopic (exact) mass is 526 g/mol. The number of hydrogen-bond acceptors (Lipinski definition) is 4. The Morgan fingerprint density at radius 2 is 1.80 bits per heavy atom. The second-order valence-corrected chi connectivity index (χ2v) is 7.28. The van der Waals surface area contributed by atoms with Crippen molar-refractivity contribution in [3.63, 3.8) is 0 Å². The molecule has 0 heterocycles. The largest absolute Gasteiger partial charge is 0.279 e. The van der Waals surface area contributed by atoms with Crippen LogP contribution in [0, 0.1) is 27.5 Å². The lowest BCUT2D eigenvalue weighted by Crippen LogP contribution is -2.26. The molecule has 0 radical (unpaired) electrons. The van der Waals surface area contributed by atoms with Gasteiger partial charge in [0.1, 0.15) is 17.3 Å². The van der Waals surface area contributed by atoms with Crippen LogP contribution in [-0.2, 0) is 4.84 Å². The molecule has 0 spiro atoms. The molecule has 0 saturated heterocycles. The summed E-state index contributed by atoms with van der Waals surface area (Å²) in [5.74, 6) is 0.428. The lowest BCUT2D eigenvalue weighted by Gasteiger charge is -2.20. The van der Waals surface area contributed by atoms with Gasteiger partial charge >= 0.3 is 0 Å². The van der Waals surface area contributed by atoms with E-state index in [4.69, 9.17) is 11.3 Å². The highest BCUT2D eigenvalue weighted by atomic mass is 127. The fraction of sp³-hybridized carbons (Fsp3) is 0.286. The molecule has 0 aliphatic carbocycles. The number of carbonyl (C=O) groups is 1. The van der Waals surface area contributed by atoms with E-state index in [-0.39, 0.29) is 22.4 Å². The lowest BCUT2D eigenvalue weighted by atomic mass is 9.94. The molecule has 0 fully saturated rings. The minimum absolute atomic E-state index is 0.113. The van der Waals surface area contributed by atoms with Gasteiger partial charge < -0.3 is 0 Å². The van der Waals surface area contributed by atoms with E-state index in [1.165, 1.54) is 14.2 Å². The van der Waals surface area contributed by atoms with E-state index in [9.17, 15) is 13.6 Å². The summed E-state index contributed by atoms with van der Waals surface area (Å²) in [5, 5.41) is 11.2. The third-order valence-corrected chi connectivity index (χ3v) is 5.19. The SMILES string of the molecule is C#Cc1c(I)cc(C(=O)N(C)OC)c(-c2cc(F)cc(F)c2)c1/N=N/N(CC)CC. The molecule has 2 aromatic carbocycles. The van der Waals surface area contributed by atoms with Crippen molar-refractivity contribution in [3.8, 4) is 23.5 Å². The maximum atomic E-state index is 14.0. The van der Waals surface area contributed by atoms with E-state index in [0.29, 0.717) is 22.2 Å². The van der Waals surface area contributed by atoms with Crippen molar-refractivity contribution in [2.24, 2.45) is 10.3 Å². The van der Waals surface area contributed by atoms with E-state index < -0.39 is 17.5 Å². The van der Waals surface area contributed by atoms with Crippen molar-refractivity contribution in [1.29, 1.82) is 0 Å². The van der Waals surface area contributed by atoms with Crippen LogP contribution in [0.5, 0.6) is 0 Å². The van der Waals surface area contributed by atoms with E-state index in [0.717, 1.165) is 23.3 Å². The van der Waals surface area contributed by atoms with Crippen molar-refractivity contribution >= 4 is 34.2 Å². The van der Waals surface area contributed by atoms with Crippen LogP contribution in [-0.4, -0.2) is 43.2 Å². The quantitative estimate of drug-likeness (QED) is 0.216. The molecule has 0 aliphatic rings. The van der Waals surface area contributed by atoms with E-state index in [2.05, 4.69) is 16.3 Å². The van der Waals surface area contributed by atoms with Crippen molar-refractivity contribution < 1.29 is 18.4 Å². The van der Waals surface area contributed by atoms with Gasteiger partial charge in [-0.3, -0.25) is 14.6 Å². The normalized spacial score (nSPS) is 10.9. The van der Waals surface area contributed by atoms with Gasteiger partial charge in [-0.15, -0.1) is 11.5 Å². The molecule has 0 unspecified atom stereocenters. The maximum absolute atomic E-state index is 14.0. The summed E-state index contributed by atoms with van der Waals surface area (Å²) in [6.07, 6.45) is 5.70. The maximum Gasteiger partial charge on any atom is 0.277 e. The molecule has 0 aliphatic heterocycles. The van der Waals surface area contributed by atoms with Gasteiger partial charge in [-0.05, 0) is 60.2 Å². The summed E-state index contributed by atoms with van der Waals surface area (Å²) in [7, 11) is 2.76. The van der Waals surface area contributed by atoms with Crippen molar-refractivity contribution in [3.05, 3.63) is 50.6 Å². The summed E-state index contributed by atoms with van der Waals surface area (Å²) in [5.41, 5.74) is 0.950. The second-order valence-electron chi connectivity index (χ2n) is 6.12. The predicted molar refractivity (Wildman–Crippen MR) is 119 cm³/mol. The van der Waals surface area contributed by atoms with Crippen LogP contribution in [0.4, 0.5) is 14.5 Å². The first-order valence-corrected chi connectivity index (χ1v) is 10.1. The van der Waals surface area contributed by atoms with Gasteiger partial charge in [-0.25, -0.2) is 13.8 Å². The van der Waals surface area contributed by atoms with Crippen LogP contribution in [0.3, 0.4) is 0 Å². The van der Waals surface area contributed by atoms with Gasteiger partial charge in [0.2, 0.25) is 0 Å². The van der Waals surface area contributed by atoms with Gasteiger partial charge in [-0.1, -0.05) is 11.1 Å². The van der Waals surface area contributed by atoms with E-state index >= 15 is 0 Å². The Kier molecular flexibility index (Phi) is 8.25. The third kappa shape index (κ3) is 5.12. The molecule has 0 bridgehead atoms. The summed E-state index contributed by atoms with van der Waals surface area (Å²) in [6.45, 7) is 5.00. The first kappa shape index (κ1) is 23.7. The minimum Gasteiger partial charge on any atom is -0.279 e. The lowest BCUT2D eigenvalue weighted by molar-refractivity contribution is -0.0756. The second kappa shape index (κ2) is 10.4. The number of hydrogen-bond donors (Lipinski definition) is 0. The number of halogens is 3. The van der Waals surface area contributed by atoms with E-state index in [1.54, 1.807) is 11.1 Å². The molecule has 2 aromatic rings. The zero-order chi connectivity index (χ0) is 22.4. The third-order valence-electron chi connectivity index (χ3n) is 4.34.